The van der Waals surface area contributed by atoms with Gasteiger partial charge in [0, 0.05) is 37.9 Å². The molecule has 0 saturated carbocycles. The minimum atomic E-state index is -0.600. The Bertz CT molecular complexity index is 853. The van der Waals surface area contributed by atoms with E-state index in [9.17, 15) is 9.59 Å². The van der Waals surface area contributed by atoms with Crippen LogP contribution in [0.5, 0.6) is 17.2 Å². The van der Waals surface area contributed by atoms with E-state index in [4.69, 9.17) is 18.9 Å². The lowest BCUT2D eigenvalue weighted by Gasteiger charge is -2.36. The van der Waals surface area contributed by atoms with Gasteiger partial charge in [0.05, 0.1) is 26.9 Å². The summed E-state index contributed by atoms with van der Waals surface area (Å²) in [6.07, 6.45) is 0. The fraction of sp³-hybridized carbons (Fsp3) is 0.364. The van der Waals surface area contributed by atoms with Crippen molar-refractivity contribution in [2.75, 3.05) is 59.0 Å². The number of benzene rings is 2. The summed E-state index contributed by atoms with van der Waals surface area (Å²) in [6, 6.07) is 12.6. The molecule has 0 aromatic heterocycles. The van der Waals surface area contributed by atoms with E-state index in [0.717, 1.165) is 11.4 Å². The molecule has 2 aromatic rings. The molecule has 0 bridgehead atoms. The number of nitrogens with zero attached hydrogens (tertiary/aromatic N) is 2. The molecule has 160 valence electrons. The molecule has 8 nitrogen and oxygen atoms in total. The highest BCUT2D eigenvalue weighted by Crippen LogP contribution is 2.23. The largest absolute Gasteiger partial charge is 0.497 e. The maximum Gasteiger partial charge on any atom is 0.338 e. The van der Waals surface area contributed by atoms with E-state index in [2.05, 4.69) is 4.90 Å². The molecule has 0 N–H and O–H groups in total. The van der Waals surface area contributed by atoms with Gasteiger partial charge in [-0.05, 0) is 36.4 Å². The molecular formula is C22H26N2O6. The Morgan fingerprint density at radius 1 is 0.800 bits per heavy atom. The quantitative estimate of drug-likeness (QED) is 0.643. The van der Waals surface area contributed by atoms with Crippen LogP contribution in [-0.2, 0) is 9.53 Å². The van der Waals surface area contributed by atoms with Crippen LogP contribution in [-0.4, -0.2) is 70.9 Å². The van der Waals surface area contributed by atoms with Crippen molar-refractivity contribution < 1.29 is 28.5 Å². The summed E-state index contributed by atoms with van der Waals surface area (Å²) in [7, 11) is 4.63. The normalized spacial score (nSPS) is 13.6. The van der Waals surface area contributed by atoms with Gasteiger partial charge < -0.3 is 28.7 Å². The summed E-state index contributed by atoms with van der Waals surface area (Å²) in [4.78, 5) is 28.7. The predicted octanol–water partition coefficient (Wildman–Crippen LogP) is 2.22. The molecule has 1 fully saturated rings. The van der Waals surface area contributed by atoms with Crippen molar-refractivity contribution in [1.29, 1.82) is 0 Å². The molecule has 1 amide bonds. The number of methoxy groups -OCH3 is 3. The fourth-order valence-corrected chi connectivity index (χ4v) is 3.23. The average molecular weight is 414 g/mol. The number of ether oxygens (including phenoxy) is 4. The van der Waals surface area contributed by atoms with Gasteiger partial charge in [-0.25, -0.2) is 4.79 Å². The number of hydrogen-bond acceptors (Lipinski definition) is 7. The average Bonchev–Trinajstić information content (AvgIpc) is 2.82. The zero-order chi connectivity index (χ0) is 21.5. The van der Waals surface area contributed by atoms with Gasteiger partial charge >= 0.3 is 5.97 Å². The number of rotatable bonds is 7. The van der Waals surface area contributed by atoms with E-state index >= 15 is 0 Å². The maximum atomic E-state index is 12.5. The van der Waals surface area contributed by atoms with E-state index in [0.29, 0.717) is 37.7 Å². The molecule has 1 aliphatic heterocycles. The van der Waals surface area contributed by atoms with Gasteiger partial charge in [0.15, 0.2) is 6.61 Å². The molecule has 1 saturated heterocycles. The number of anilines is 1. The molecule has 3 rings (SSSR count). The molecule has 0 unspecified atom stereocenters. The summed E-state index contributed by atoms with van der Waals surface area (Å²) in [5.41, 5.74) is 1.35. The minimum Gasteiger partial charge on any atom is -0.497 e. The van der Waals surface area contributed by atoms with E-state index in [-0.39, 0.29) is 18.1 Å². The summed E-state index contributed by atoms with van der Waals surface area (Å²) in [5, 5.41) is 0. The Morgan fingerprint density at radius 2 is 1.37 bits per heavy atom. The van der Waals surface area contributed by atoms with E-state index in [1.54, 1.807) is 30.2 Å². The second kappa shape index (κ2) is 9.87. The highest BCUT2D eigenvalue weighted by molar-refractivity contribution is 5.92. The van der Waals surface area contributed by atoms with Crippen molar-refractivity contribution in [3.63, 3.8) is 0 Å². The first-order chi connectivity index (χ1) is 14.5. The van der Waals surface area contributed by atoms with Crippen LogP contribution < -0.4 is 19.1 Å². The molecule has 0 spiro atoms. The lowest BCUT2D eigenvalue weighted by atomic mass is 10.2. The van der Waals surface area contributed by atoms with Crippen LogP contribution in [0.1, 0.15) is 10.4 Å². The van der Waals surface area contributed by atoms with Crippen LogP contribution in [0.15, 0.2) is 42.5 Å². The van der Waals surface area contributed by atoms with E-state index < -0.39 is 5.97 Å². The van der Waals surface area contributed by atoms with Gasteiger partial charge in [-0.3, -0.25) is 4.79 Å². The van der Waals surface area contributed by atoms with Gasteiger partial charge in [-0.15, -0.1) is 0 Å². The monoisotopic (exact) mass is 414 g/mol. The van der Waals surface area contributed by atoms with Crippen molar-refractivity contribution >= 4 is 17.6 Å². The van der Waals surface area contributed by atoms with E-state index in [1.807, 2.05) is 24.3 Å². The highest BCUT2D eigenvalue weighted by atomic mass is 16.5. The first kappa shape index (κ1) is 21.3. The van der Waals surface area contributed by atoms with Crippen LogP contribution in [0, 0.1) is 0 Å². The molecule has 1 aliphatic rings. The number of carbonyl (C=O) groups is 2. The Balaban J connectivity index is 1.50. The van der Waals surface area contributed by atoms with Crippen LogP contribution in [0.25, 0.3) is 0 Å². The van der Waals surface area contributed by atoms with Gasteiger partial charge in [0.1, 0.15) is 17.2 Å². The third kappa shape index (κ3) is 5.14. The smallest absolute Gasteiger partial charge is 0.338 e. The lowest BCUT2D eigenvalue weighted by molar-refractivity contribution is -0.134. The Kier molecular flexibility index (Phi) is 7.00. The highest BCUT2D eigenvalue weighted by Gasteiger charge is 2.23. The van der Waals surface area contributed by atoms with Crippen molar-refractivity contribution in [3.8, 4) is 17.2 Å². The summed E-state index contributed by atoms with van der Waals surface area (Å²) in [6.45, 7) is 2.24. The Labute approximate surface area is 175 Å². The zero-order valence-corrected chi connectivity index (χ0v) is 17.4. The van der Waals surface area contributed by atoms with Crippen molar-refractivity contribution in [3.05, 3.63) is 48.0 Å². The van der Waals surface area contributed by atoms with E-state index in [1.165, 1.54) is 14.2 Å². The zero-order valence-electron chi connectivity index (χ0n) is 17.4. The lowest BCUT2D eigenvalue weighted by Crippen LogP contribution is -2.49. The SMILES string of the molecule is COc1ccc(N2CCN(C(=O)COC(=O)c3cc(OC)cc(OC)c3)CC2)cc1. The standard InChI is InChI=1S/C22H26N2O6/c1-27-18-6-4-17(5-7-18)23-8-10-24(11-9-23)21(25)15-30-22(26)16-12-19(28-2)14-20(13-16)29-3/h4-7,12-14H,8-11,15H2,1-3H3. The number of hydrogen-bond donors (Lipinski definition) is 0. The molecular weight excluding hydrogens is 388 g/mol. The van der Waals surface area contributed by atoms with Crippen LogP contribution in [0.3, 0.4) is 0 Å². The van der Waals surface area contributed by atoms with Gasteiger partial charge in [-0.1, -0.05) is 0 Å². The number of piperazine rings is 1. The first-order valence-corrected chi connectivity index (χ1v) is 9.61. The van der Waals surface area contributed by atoms with Crippen molar-refractivity contribution in [1.82, 2.24) is 4.90 Å². The summed E-state index contributed by atoms with van der Waals surface area (Å²) < 4.78 is 20.7. The Hall–Kier alpha value is -3.42. The molecule has 2 aromatic carbocycles. The fourth-order valence-electron chi connectivity index (χ4n) is 3.23. The molecule has 0 atom stereocenters. The van der Waals surface area contributed by atoms with Gasteiger partial charge in [0.2, 0.25) is 0 Å². The number of esters is 1. The van der Waals surface area contributed by atoms with Crippen molar-refractivity contribution in [2.45, 2.75) is 0 Å². The topological polar surface area (TPSA) is 77.5 Å². The first-order valence-electron chi connectivity index (χ1n) is 9.61. The number of carbonyl (C=O) groups excluding carboxylic acids is 2. The van der Waals surface area contributed by atoms with Crippen LogP contribution >= 0.6 is 0 Å². The third-order valence-electron chi connectivity index (χ3n) is 4.98. The van der Waals surface area contributed by atoms with Gasteiger partial charge in [-0.2, -0.15) is 0 Å². The molecule has 30 heavy (non-hydrogen) atoms. The molecule has 0 radical (unpaired) electrons. The van der Waals surface area contributed by atoms with Crippen LogP contribution in [0.4, 0.5) is 5.69 Å². The molecule has 1 heterocycles. The second-order valence-corrected chi connectivity index (χ2v) is 6.74. The summed E-state index contributed by atoms with van der Waals surface area (Å²) >= 11 is 0. The molecule has 8 heteroatoms. The van der Waals surface area contributed by atoms with Gasteiger partial charge in [0.25, 0.3) is 5.91 Å². The third-order valence-corrected chi connectivity index (χ3v) is 4.98. The Morgan fingerprint density at radius 3 is 1.90 bits per heavy atom. The second-order valence-electron chi connectivity index (χ2n) is 6.74. The maximum absolute atomic E-state index is 12.5. The minimum absolute atomic E-state index is 0.215. The van der Waals surface area contributed by atoms with Crippen LogP contribution in [0.2, 0.25) is 0 Å². The number of amides is 1. The molecule has 0 aliphatic carbocycles. The predicted molar refractivity (Wildman–Crippen MR) is 112 cm³/mol. The summed E-state index contributed by atoms with van der Waals surface area (Å²) in [5.74, 6) is 0.942. The van der Waals surface area contributed by atoms with Crippen molar-refractivity contribution in [2.24, 2.45) is 0 Å².